The third kappa shape index (κ3) is 4.52. The van der Waals surface area contributed by atoms with Gasteiger partial charge < -0.3 is 14.6 Å². The summed E-state index contributed by atoms with van der Waals surface area (Å²) < 4.78 is 5.47. The fraction of sp³-hybridized carbons (Fsp3) is 0.520. The topological polar surface area (TPSA) is 57.3 Å². The van der Waals surface area contributed by atoms with Crippen LogP contribution in [0.5, 0.6) is 0 Å². The first-order chi connectivity index (χ1) is 15.2. The second-order valence-corrected chi connectivity index (χ2v) is 9.18. The van der Waals surface area contributed by atoms with Gasteiger partial charge in [0, 0.05) is 71.8 Å². The van der Waals surface area contributed by atoms with E-state index in [1.54, 1.807) is 0 Å². The van der Waals surface area contributed by atoms with Crippen LogP contribution in [0.25, 0.3) is 22.2 Å². The van der Waals surface area contributed by atoms with Crippen LogP contribution in [-0.4, -0.2) is 70.2 Å². The van der Waals surface area contributed by atoms with Crippen LogP contribution < -0.4 is 0 Å². The van der Waals surface area contributed by atoms with Crippen molar-refractivity contribution in [3.63, 3.8) is 0 Å². The minimum Gasteiger partial charge on any atom is -0.379 e. The summed E-state index contributed by atoms with van der Waals surface area (Å²) in [6.07, 6.45) is 6.30. The molecule has 2 saturated heterocycles. The van der Waals surface area contributed by atoms with Crippen molar-refractivity contribution in [2.75, 3.05) is 39.4 Å². The molecular weight excluding hydrogens is 386 g/mol. The number of hydrogen-bond acceptors (Lipinski definition) is 5. The molecule has 0 saturated carbocycles. The molecule has 3 aromatic rings. The first-order valence-corrected chi connectivity index (χ1v) is 11.6. The summed E-state index contributed by atoms with van der Waals surface area (Å²) in [5.41, 5.74) is 5.69. The highest BCUT2D eigenvalue weighted by Crippen LogP contribution is 2.31. The molecule has 2 aliphatic rings. The number of aromatic amines is 1. The van der Waals surface area contributed by atoms with Crippen molar-refractivity contribution in [1.29, 1.82) is 0 Å². The molecule has 0 radical (unpaired) electrons. The number of nitrogens with one attached hydrogen (secondary N) is 1. The maximum Gasteiger partial charge on any atom is 0.0811 e. The summed E-state index contributed by atoms with van der Waals surface area (Å²) >= 11 is 0. The van der Waals surface area contributed by atoms with Crippen LogP contribution in [0.1, 0.15) is 44.0 Å². The van der Waals surface area contributed by atoms with Crippen molar-refractivity contribution in [3.8, 4) is 11.3 Å². The van der Waals surface area contributed by atoms with E-state index in [1.165, 1.54) is 42.7 Å². The second-order valence-electron chi connectivity index (χ2n) is 9.18. The van der Waals surface area contributed by atoms with Gasteiger partial charge in [0.25, 0.3) is 0 Å². The van der Waals surface area contributed by atoms with E-state index in [0.717, 1.165) is 49.6 Å². The van der Waals surface area contributed by atoms with E-state index in [4.69, 9.17) is 14.7 Å². The van der Waals surface area contributed by atoms with Crippen LogP contribution in [0, 0.1) is 0 Å². The molecule has 0 amide bonds. The smallest absolute Gasteiger partial charge is 0.0811 e. The molecule has 6 nitrogen and oxygen atoms in total. The number of rotatable bonds is 5. The Kier molecular flexibility index (Phi) is 6.03. The van der Waals surface area contributed by atoms with Crippen molar-refractivity contribution in [2.45, 2.75) is 45.2 Å². The number of nitrogens with zero attached hydrogens (tertiary/aromatic N) is 4. The Labute approximate surface area is 184 Å². The van der Waals surface area contributed by atoms with Gasteiger partial charge in [0.15, 0.2) is 0 Å². The van der Waals surface area contributed by atoms with Gasteiger partial charge in [-0.15, -0.1) is 0 Å². The van der Waals surface area contributed by atoms with E-state index in [9.17, 15) is 0 Å². The second kappa shape index (κ2) is 9.07. The molecule has 1 N–H and O–H groups in total. The minimum atomic E-state index is 0.570. The number of piperidine rings is 1. The van der Waals surface area contributed by atoms with Crippen molar-refractivity contribution in [1.82, 2.24) is 24.8 Å². The van der Waals surface area contributed by atoms with E-state index < -0.39 is 0 Å². The minimum absolute atomic E-state index is 0.570. The zero-order chi connectivity index (χ0) is 21.2. The summed E-state index contributed by atoms with van der Waals surface area (Å²) in [7, 11) is 0. The van der Waals surface area contributed by atoms with Crippen LogP contribution in [0.15, 0.2) is 36.7 Å². The lowest BCUT2D eigenvalue weighted by Gasteiger charge is -2.34. The largest absolute Gasteiger partial charge is 0.379 e. The summed E-state index contributed by atoms with van der Waals surface area (Å²) in [6, 6.07) is 9.37. The molecule has 6 heteroatoms. The molecule has 0 atom stereocenters. The predicted molar refractivity (Wildman–Crippen MR) is 124 cm³/mol. The van der Waals surface area contributed by atoms with Gasteiger partial charge in [-0.3, -0.25) is 14.9 Å². The molecular formula is C25H33N5O. The Morgan fingerprint density at radius 1 is 1.06 bits per heavy atom. The summed E-state index contributed by atoms with van der Waals surface area (Å²) in [6.45, 7) is 11.4. The van der Waals surface area contributed by atoms with Gasteiger partial charge in [-0.05, 0) is 64.0 Å². The molecule has 5 rings (SSSR count). The Morgan fingerprint density at radius 2 is 1.87 bits per heavy atom. The van der Waals surface area contributed by atoms with E-state index >= 15 is 0 Å². The molecule has 0 aliphatic carbocycles. The normalized spacial score (nSPS) is 19.5. The number of hydrogen-bond donors (Lipinski definition) is 1. The fourth-order valence-electron chi connectivity index (χ4n) is 4.93. The van der Waals surface area contributed by atoms with Crippen LogP contribution in [0.4, 0.5) is 0 Å². The number of ether oxygens (including phenoxy) is 1. The van der Waals surface area contributed by atoms with Crippen LogP contribution >= 0.6 is 0 Å². The molecule has 2 aliphatic heterocycles. The highest BCUT2D eigenvalue weighted by molar-refractivity contribution is 5.93. The van der Waals surface area contributed by atoms with Gasteiger partial charge in [0.2, 0.25) is 0 Å². The molecule has 0 unspecified atom stereocenters. The average Bonchev–Trinajstić information content (AvgIpc) is 3.22. The number of aromatic nitrogens is 3. The van der Waals surface area contributed by atoms with Crippen LogP contribution in [0.3, 0.4) is 0 Å². The number of H-pyrrole nitrogens is 1. The predicted octanol–water partition coefficient (Wildman–Crippen LogP) is 4.04. The summed E-state index contributed by atoms with van der Waals surface area (Å²) in [4.78, 5) is 18.2. The van der Waals surface area contributed by atoms with Crippen LogP contribution in [0.2, 0.25) is 0 Å². The van der Waals surface area contributed by atoms with Gasteiger partial charge in [-0.2, -0.15) is 0 Å². The average molecular weight is 420 g/mol. The lowest BCUT2D eigenvalue weighted by atomic mass is 9.92. The van der Waals surface area contributed by atoms with Crippen LogP contribution in [-0.2, 0) is 11.3 Å². The lowest BCUT2D eigenvalue weighted by molar-refractivity contribution is 0.0337. The third-order valence-electron chi connectivity index (χ3n) is 6.84. The number of pyridine rings is 2. The lowest BCUT2D eigenvalue weighted by Crippen LogP contribution is -2.37. The molecule has 5 heterocycles. The van der Waals surface area contributed by atoms with Gasteiger partial charge >= 0.3 is 0 Å². The highest BCUT2D eigenvalue weighted by Gasteiger charge is 2.23. The zero-order valence-corrected chi connectivity index (χ0v) is 18.7. The van der Waals surface area contributed by atoms with E-state index in [1.807, 2.05) is 12.4 Å². The zero-order valence-electron chi connectivity index (χ0n) is 18.7. The van der Waals surface area contributed by atoms with E-state index in [0.29, 0.717) is 12.0 Å². The van der Waals surface area contributed by atoms with Crippen molar-refractivity contribution in [3.05, 3.63) is 48.0 Å². The highest BCUT2D eigenvalue weighted by atomic mass is 16.5. The molecule has 31 heavy (non-hydrogen) atoms. The Balaban J connectivity index is 1.33. The maximum absolute atomic E-state index is 5.47. The number of morpholine rings is 1. The summed E-state index contributed by atoms with van der Waals surface area (Å²) in [5.74, 6) is 0.570. The van der Waals surface area contributed by atoms with Crippen molar-refractivity contribution < 1.29 is 4.74 Å². The summed E-state index contributed by atoms with van der Waals surface area (Å²) in [5, 5.41) is 1.17. The number of fused-ring (bicyclic) bond motifs is 1. The first kappa shape index (κ1) is 20.6. The Hall–Kier alpha value is -2.28. The quantitative estimate of drug-likeness (QED) is 0.676. The molecule has 0 bridgehead atoms. The third-order valence-corrected chi connectivity index (χ3v) is 6.84. The maximum atomic E-state index is 5.47. The molecule has 0 spiro atoms. The monoisotopic (exact) mass is 419 g/mol. The molecule has 164 valence electrons. The fourth-order valence-corrected chi connectivity index (χ4v) is 4.93. The van der Waals surface area contributed by atoms with Crippen molar-refractivity contribution in [2.24, 2.45) is 0 Å². The van der Waals surface area contributed by atoms with E-state index in [2.05, 4.69) is 52.9 Å². The van der Waals surface area contributed by atoms with Gasteiger partial charge in [0.1, 0.15) is 0 Å². The standard InChI is InChI=1S/C25H33N5O/c1-18(2)30-9-6-19(7-10-30)23-4-3-20(16-27-23)25-22-15-21(28-24(22)5-8-26-25)17-29-11-13-31-14-12-29/h3-5,8,15-16,18-19,28H,6-7,9-14,17H2,1-2H3. The Bertz CT molecular complexity index is 998. The first-order valence-electron chi connectivity index (χ1n) is 11.6. The molecule has 0 aromatic carbocycles. The molecule has 3 aromatic heterocycles. The van der Waals surface area contributed by atoms with Gasteiger partial charge in [-0.25, -0.2) is 0 Å². The Morgan fingerprint density at radius 3 is 2.58 bits per heavy atom. The van der Waals surface area contributed by atoms with Gasteiger partial charge in [0.05, 0.1) is 18.9 Å². The molecule has 2 fully saturated rings. The van der Waals surface area contributed by atoms with Gasteiger partial charge in [-0.1, -0.05) is 0 Å². The number of likely N-dealkylation sites (tertiary alicyclic amines) is 1. The van der Waals surface area contributed by atoms with E-state index in [-0.39, 0.29) is 0 Å². The SMILES string of the molecule is CC(C)N1CCC(c2ccc(-c3nccc4[nH]c(CN5CCOCC5)cc34)cn2)CC1. The van der Waals surface area contributed by atoms with Crippen molar-refractivity contribution >= 4 is 10.9 Å².